The van der Waals surface area contributed by atoms with Gasteiger partial charge < -0.3 is 5.73 Å². The van der Waals surface area contributed by atoms with E-state index in [0.717, 1.165) is 6.07 Å². The third-order valence-corrected chi connectivity index (χ3v) is 2.28. The summed E-state index contributed by atoms with van der Waals surface area (Å²) in [7, 11) is 0. The van der Waals surface area contributed by atoms with Gasteiger partial charge in [0.2, 0.25) is 6.43 Å². The largest absolute Gasteiger partial charge is 0.419 e. The van der Waals surface area contributed by atoms with Gasteiger partial charge in [0.1, 0.15) is 5.82 Å². The Hall–Kier alpha value is -1.24. The van der Waals surface area contributed by atoms with E-state index in [-0.39, 0.29) is 5.56 Å². The Bertz CT molecular complexity index is 387. The predicted octanol–water partition coefficient (Wildman–Crippen LogP) is 3.15. The molecule has 1 unspecified atom stereocenters. The predicted molar refractivity (Wildman–Crippen MR) is 49.2 cm³/mol. The Kier molecular flexibility index (Phi) is 4.03. The standard InChI is InChI=1S/C10H9F6N/c11-8-3-5(6(4-17)9(12)13)1-2-7(8)10(14,15)16/h1-3,6,9H,4,17H2. The van der Waals surface area contributed by atoms with Crippen molar-refractivity contribution in [2.45, 2.75) is 18.5 Å². The fraction of sp³-hybridized carbons (Fsp3) is 0.400. The highest BCUT2D eigenvalue weighted by Crippen LogP contribution is 2.33. The molecule has 0 spiro atoms. The van der Waals surface area contributed by atoms with Crippen LogP contribution < -0.4 is 5.73 Å². The molecule has 0 aromatic heterocycles. The van der Waals surface area contributed by atoms with Crippen molar-refractivity contribution in [1.82, 2.24) is 0 Å². The molecule has 0 heterocycles. The van der Waals surface area contributed by atoms with Crippen molar-refractivity contribution in [3.05, 3.63) is 35.1 Å². The third kappa shape index (κ3) is 3.12. The van der Waals surface area contributed by atoms with E-state index in [1.807, 2.05) is 0 Å². The van der Waals surface area contributed by atoms with E-state index >= 15 is 0 Å². The van der Waals surface area contributed by atoms with Crippen LogP contribution >= 0.6 is 0 Å². The van der Waals surface area contributed by atoms with Crippen LogP contribution in [0.2, 0.25) is 0 Å². The average Bonchev–Trinajstić information content (AvgIpc) is 2.15. The molecule has 0 bridgehead atoms. The van der Waals surface area contributed by atoms with E-state index in [4.69, 9.17) is 5.73 Å². The second-order valence-corrected chi connectivity index (χ2v) is 3.41. The third-order valence-electron chi connectivity index (χ3n) is 2.28. The molecule has 0 amide bonds. The molecule has 0 saturated heterocycles. The lowest BCUT2D eigenvalue weighted by atomic mass is 9.98. The smallest absolute Gasteiger partial charge is 0.330 e. The molecule has 1 aromatic rings. The minimum Gasteiger partial charge on any atom is -0.330 e. The minimum absolute atomic E-state index is 0.243. The number of rotatable bonds is 3. The number of halogens is 6. The lowest BCUT2D eigenvalue weighted by Gasteiger charge is -2.15. The highest BCUT2D eigenvalue weighted by molar-refractivity contribution is 5.29. The molecule has 2 N–H and O–H groups in total. The first-order valence-electron chi connectivity index (χ1n) is 4.62. The Morgan fingerprint density at radius 1 is 1.18 bits per heavy atom. The molecule has 17 heavy (non-hydrogen) atoms. The van der Waals surface area contributed by atoms with Crippen molar-refractivity contribution < 1.29 is 26.3 Å². The molecular weight excluding hydrogens is 248 g/mol. The van der Waals surface area contributed by atoms with Gasteiger partial charge in [0.05, 0.1) is 11.5 Å². The van der Waals surface area contributed by atoms with Gasteiger partial charge in [-0.25, -0.2) is 13.2 Å². The summed E-state index contributed by atoms with van der Waals surface area (Å²) in [6, 6.07) is 1.71. The van der Waals surface area contributed by atoms with Gasteiger partial charge in [-0.3, -0.25) is 0 Å². The highest BCUT2D eigenvalue weighted by Gasteiger charge is 2.34. The van der Waals surface area contributed by atoms with Crippen molar-refractivity contribution in [3.8, 4) is 0 Å². The summed E-state index contributed by atoms with van der Waals surface area (Å²) in [6.07, 6.45) is -7.69. The maximum Gasteiger partial charge on any atom is 0.419 e. The van der Waals surface area contributed by atoms with Crippen LogP contribution in [0.15, 0.2) is 18.2 Å². The molecule has 1 aromatic carbocycles. The Labute approximate surface area is 93.2 Å². The number of nitrogens with two attached hydrogens (primary N) is 1. The molecule has 7 heteroatoms. The second-order valence-electron chi connectivity index (χ2n) is 3.41. The van der Waals surface area contributed by atoms with Gasteiger partial charge in [0.15, 0.2) is 0 Å². The van der Waals surface area contributed by atoms with Gasteiger partial charge >= 0.3 is 6.18 Å². The molecule has 0 aliphatic carbocycles. The fourth-order valence-corrected chi connectivity index (χ4v) is 1.38. The Morgan fingerprint density at radius 3 is 2.12 bits per heavy atom. The van der Waals surface area contributed by atoms with E-state index in [1.54, 1.807) is 0 Å². The molecule has 1 nitrogen and oxygen atoms in total. The first kappa shape index (κ1) is 13.8. The van der Waals surface area contributed by atoms with E-state index in [0.29, 0.717) is 12.1 Å². The summed E-state index contributed by atoms with van der Waals surface area (Å²) in [5.74, 6) is -3.04. The van der Waals surface area contributed by atoms with Crippen molar-refractivity contribution in [2.75, 3.05) is 6.54 Å². The molecule has 0 saturated carbocycles. The van der Waals surface area contributed by atoms with Gasteiger partial charge in [-0.15, -0.1) is 0 Å². The zero-order valence-corrected chi connectivity index (χ0v) is 8.44. The summed E-state index contributed by atoms with van der Waals surface area (Å²) in [6.45, 7) is -0.470. The van der Waals surface area contributed by atoms with Crippen molar-refractivity contribution in [2.24, 2.45) is 5.73 Å². The number of benzene rings is 1. The van der Waals surface area contributed by atoms with E-state index < -0.39 is 36.4 Å². The van der Waals surface area contributed by atoms with E-state index in [9.17, 15) is 26.3 Å². The summed E-state index contributed by atoms with van der Waals surface area (Å²) >= 11 is 0. The average molecular weight is 257 g/mol. The monoisotopic (exact) mass is 257 g/mol. The van der Waals surface area contributed by atoms with Crippen molar-refractivity contribution in [3.63, 3.8) is 0 Å². The molecule has 0 fully saturated rings. The summed E-state index contributed by atoms with van der Waals surface area (Å²) in [4.78, 5) is 0. The molecular formula is C10H9F6N. The first-order valence-corrected chi connectivity index (χ1v) is 4.62. The number of hydrogen-bond acceptors (Lipinski definition) is 1. The summed E-state index contributed by atoms with van der Waals surface area (Å²) in [5.41, 5.74) is 3.33. The van der Waals surface area contributed by atoms with Crippen LogP contribution in [-0.4, -0.2) is 13.0 Å². The van der Waals surface area contributed by atoms with Crippen LogP contribution in [0.5, 0.6) is 0 Å². The van der Waals surface area contributed by atoms with Crippen molar-refractivity contribution in [1.29, 1.82) is 0 Å². The van der Waals surface area contributed by atoms with E-state index in [1.165, 1.54) is 0 Å². The zero-order valence-electron chi connectivity index (χ0n) is 8.44. The van der Waals surface area contributed by atoms with E-state index in [2.05, 4.69) is 0 Å². The summed E-state index contributed by atoms with van der Waals surface area (Å²) in [5, 5.41) is 0. The SMILES string of the molecule is NCC(c1ccc(C(F)(F)F)c(F)c1)C(F)F. The first-order chi connectivity index (χ1) is 7.77. The van der Waals surface area contributed by atoms with Crippen LogP contribution in [0.3, 0.4) is 0 Å². The molecule has 0 aliphatic heterocycles. The normalized spacial score (nSPS) is 14.1. The van der Waals surface area contributed by atoms with Gasteiger partial charge in [0.25, 0.3) is 0 Å². The van der Waals surface area contributed by atoms with Gasteiger partial charge in [-0.05, 0) is 17.7 Å². The van der Waals surface area contributed by atoms with Gasteiger partial charge in [-0.2, -0.15) is 13.2 Å². The lowest BCUT2D eigenvalue weighted by Crippen LogP contribution is -2.20. The molecule has 1 atom stereocenters. The van der Waals surface area contributed by atoms with Crippen LogP contribution in [-0.2, 0) is 6.18 Å². The Morgan fingerprint density at radius 2 is 1.76 bits per heavy atom. The second kappa shape index (κ2) is 4.95. The van der Waals surface area contributed by atoms with Gasteiger partial charge in [0, 0.05) is 6.54 Å². The number of alkyl halides is 5. The maximum atomic E-state index is 13.1. The van der Waals surface area contributed by atoms with Gasteiger partial charge in [-0.1, -0.05) is 6.07 Å². The lowest BCUT2D eigenvalue weighted by molar-refractivity contribution is -0.140. The van der Waals surface area contributed by atoms with Crippen molar-refractivity contribution >= 4 is 0 Å². The van der Waals surface area contributed by atoms with Crippen LogP contribution in [0, 0.1) is 5.82 Å². The fourth-order valence-electron chi connectivity index (χ4n) is 1.38. The zero-order chi connectivity index (χ0) is 13.2. The number of hydrogen-bond donors (Lipinski definition) is 1. The maximum absolute atomic E-state index is 13.1. The topological polar surface area (TPSA) is 26.0 Å². The molecule has 0 radical (unpaired) electrons. The van der Waals surface area contributed by atoms with Crippen LogP contribution in [0.1, 0.15) is 17.0 Å². The molecule has 0 aliphatic rings. The minimum atomic E-state index is -4.84. The van der Waals surface area contributed by atoms with Crippen LogP contribution in [0.25, 0.3) is 0 Å². The quantitative estimate of drug-likeness (QED) is 0.827. The summed E-state index contributed by atoms with van der Waals surface area (Å²) < 4.78 is 74.6. The molecule has 1 rings (SSSR count). The Balaban J connectivity index is 3.12. The highest BCUT2D eigenvalue weighted by atomic mass is 19.4. The van der Waals surface area contributed by atoms with Crippen LogP contribution in [0.4, 0.5) is 26.3 Å². The molecule has 96 valence electrons.